The Hall–Kier alpha value is -3.26. The summed E-state index contributed by atoms with van der Waals surface area (Å²) >= 11 is 0. The van der Waals surface area contributed by atoms with E-state index < -0.39 is 15.7 Å². The molecule has 8 heteroatoms. The molecule has 1 aliphatic rings. The van der Waals surface area contributed by atoms with Gasteiger partial charge in [0.15, 0.2) is 27.1 Å². The Bertz CT molecular complexity index is 1150. The van der Waals surface area contributed by atoms with Crippen LogP contribution in [-0.2, 0) is 15.6 Å². The lowest BCUT2D eigenvalue weighted by molar-refractivity contribution is 0.0910. The van der Waals surface area contributed by atoms with Crippen molar-refractivity contribution in [2.45, 2.75) is 23.6 Å². The topological polar surface area (TPSA) is 94.8 Å². The van der Waals surface area contributed by atoms with Gasteiger partial charge < -0.3 is 19.2 Å². The standard InChI is InChI=1S/C22H21NO6S/c1-15(16-7-9-19-21(13-16)28-12-11-27-19)23-22(24)20-10-8-17(29-20)14-30(25,26)18-5-3-2-4-6-18/h2-10,13,15H,11-12,14H2,1H3,(H,23,24)/t15-/m1/s1. The molecule has 156 valence electrons. The summed E-state index contributed by atoms with van der Waals surface area (Å²) in [6.07, 6.45) is 0. The largest absolute Gasteiger partial charge is 0.486 e. The number of carbonyl (C=O) groups is 1. The highest BCUT2D eigenvalue weighted by Crippen LogP contribution is 2.32. The number of sulfone groups is 1. The lowest BCUT2D eigenvalue weighted by Crippen LogP contribution is -2.26. The van der Waals surface area contributed by atoms with Gasteiger partial charge in [0.1, 0.15) is 24.7 Å². The highest BCUT2D eigenvalue weighted by molar-refractivity contribution is 7.90. The van der Waals surface area contributed by atoms with E-state index in [-0.39, 0.29) is 28.2 Å². The van der Waals surface area contributed by atoms with Gasteiger partial charge in [-0.2, -0.15) is 0 Å². The predicted molar refractivity (Wildman–Crippen MR) is 109 cm³/mol. The first kappa shape index (κ1) is 20.0. The van der Waals surface area contributed by atoms with Crippen LogP contribution in [0.1, 0.15) is 34.8 Å². The van der Waals surface area contributed by atoms with Crippen molar-refractivity contribution < 1.29 is 27.1 Å². The quantitative estimate of drug-likeness (QED) is 0.647. The smallest absolute Gasteiger partial charge is 0.287 e. The van der Waals surface area contributed by atoms with Crippen molar-refractivity contribution in [2.24, 2.45) is 0 Å². The Kier molecular flexibility index (Phi) is 5.50. The van der Waals surface area contributed by atoms with Gasteiger partial charge in [0.05, 0.1) is 10.9 Å². The van der Waals surface area contributed by atoms with Gasteiger partial charge in [-0.3, -0.25) is 4.79 Å². The van der Waals surface area contributed by atoms with Crippen molar-refractivity contribution in [1.82, 2.24) is 5.32 Å². The predicted octanol–water partition coefficient (Wildman–Crippen LogP) is 3.52. The lowest BCUT2D eigenvalue weighted by atomic mass is 10.1. The van der Waals surface area contributed by atoms with Crippen molar-refractivity contribution in [3.05, 3.63) is 77.7 Å². The number of hydrogen-bond acceptors (Lipinski definition) is 6. The second kappa shape index (κ2) is 8.23. The monoisotopic (exact) mass is 427 g/mol. The summed E-state index contributed by atoms with van der Waals surface area (Å²) in [4.78, 5) is 12.8. The first-order valence-corrected chi connectivity index (χ1v) is 11.1. The maximum Gasteiger partial charge on any atom is 0.287 e. The van der Waals surface area contributed by atoms with Crippen LogP contribution >= 0.6 is 0 Å². The summed E-state index contributed by atoms with van der Waals surface area (Å²) < 4.78 is 41.5. The maximum atomic E-state index is 12.6. The first-order chi connectivity index (χ1) is 14.4. The normalized spacial score (nSPS) is 14.2. The molecule has 0 spiro atoms. The number of nitrogens with one attached hydrogen (secondary N) is 1. The van der Waals surface area contributed by atoms with Crippen LogP contribution < -0.4 is 14.8 Å². The molecule has 0 aliphatic carbocycles. The molecule has 0 saturated carbocycles. The van der Waals surface area contributed by atoms with E-state index in [1.54, 1.807) is 18.2 Å². The molecule has 1 aromatic heterocycles. The Morgan fingerprint density at radius 2 is 1.73 bits per heavy atom. The summed E-state index contributed by atoms with van der Waals surface area (Å²) in [6.45, 7) is 2.84. The molecule has 2 heterocycles. The van der Waals surface area contributed by atoms with E-state index in [0.29, 0.717) is 24.7 Å². The molecule has 3 aromatic rings. The molecule has 7 nitrogen and oxygen atoms in total. The molecule has 0 bridgehead atoms. The number of benzene rings is 2. The highest BCUT2D eigenvalue weighted by Gasteiger charge is 2.21. The van der Waals surface area contributed by atoms with Gasteiger partial charge in [-0.05, 0) is 48.9 Å². The number of furan rings is 1. The van der Waals surface area contributed by atoms with E-state index in [1.165, 1.54) is 24.3 Å². The summed E-state index contributed by atoms with van der Waals surface area (Å²) in [5.74, 6) is 0.835. The van der Waals surface area contributed by atoms with Gasteiger partial charge in [0.2, 0.25) is 0 Å². The third-order valence-corrected chi connectivity index (χ3v) is 6.39. The SMILES string of the molecule is C[C@@H](NC(=O)c1ccc(CS(=O)(=O)c2ccccc2)o1)c1ccc2c(c1)OCCO2. The summed E-state index contributed by atoms with van der Waals surface area (Å²) in [6, 6.07) is 16.3. The van der Waals surface area contributed by atoms with Gasteiger partial charge in [-0.15, -0.1) is 0 Å². The van der Waals surface area contributed by atoms with Crippen molar-refractivity contribution in [1.29, 1.82) is 0 Å². The number of ether oxygens (including phenoxy) is 2. The van der Waals surface area contributed by atoms with E-state index >= 15 is 0 Å². The van der Waals surface area contributed by atoms with E-state index in [0.717, 1.165) is 5.56 Å². The molecule has 2 aromatic carbocycles. The maximum absolute atomic E-state index is 12.6. The Balaban J connectivity index is 1.43. The number of carbonyl (C=O) groups excluding carboxylic acids is 1. The minimum absolute atomic E-state index is 0.0534. The fourth-order valence-electron chi connectivity index (χ4n) is 3.16. The average Bonchev–Trinajstić information content (AvgIpc) is 3.22. The molecule has 0 radical (unpaired) electrons. The van der Waals surface area contributed by atoms with Crippen molar-refractivity contribution in [2.75, 3.05) is 13.2 Å². The zero-order chi connectivity index (χ0) is 21.1. The Morgan fingerprint density at radius 3 is 2.50 bits per heavy atom. The third-order valence-electron chi connectivity index (χ3n) is 4.73. The Morgan fingerprint density at radius 1 is 1.00 bits per heavy atom. The number of hydrogen-bond donors (Lipinski definition) is 1. The van der Waals surface area contributed by atoms with Gasteiger partial charge >= 0.3 is 0 Å². The van der Waals surface area contributed by atoms with Crippen molar-refractivity contribution in [3.8, 4) is 11.5 Å². The first-order valence-electron chi connectivity index (χ1n) is 9.49. The zero-order valence-corrected chi connectivity index (χ0v) is 17.1. The van der Waals surface area contributed by atoms with Gasteiger partial charge in [0.25, 0.3) is 5.91 Å². The average molecular weight is 427 g/mol. The van der Waals surface area contributed by atoms with Crippen LogP contribution in [0.5, 0.6) is 11.5 Å². The molecule has 1 amide bonds. The lowest BCUT2D eigenvalue weighted by Gasteiger charge is -2.21. The summed E-state index contributed by atoms with van der Waals surface area (Å²) in [5.41, 5.74) is 0.853. The molecule has 1 atom stereocenters. The minimum Gasteiger partial charge on any atom is -0.486 e. The van der Waals surface area contributed by atoms with Crippen LogP contribution in [0.15, 0.2) is 70.0 Å². The second-order valence-electron chi connectivity index (χ2n) is 6.94. The van der Waals surface area contributed by atoms with Crippen molar-refractivity contribution >= 4 is 15.7 Å². The van der Waals surface area contributed by atoms with Crippen LogP contribution in [0.25, 0.3) is 0 Å². The van der Waals surface area contributed by atoms with Crippen molar-refractivity contribution in [3.63, 3.8) is 0 Å². The Labute approximate surface area is 174 Å². The highest BCUT2D eigenvalue weighted by atomic mass is 32.2. The fourth-order valence-corrected chi connectivity index (χ4v) is 4.42. The fraction of sp³-hybridized carbons (Fsp3) is 0.227. The molecular formula is C22H21NO6S. The minimum atomic E-state index is -3.55. The van der Waals surface area contributed by atoms with Crippen LogP contribution in [0, 0.1) is 0 Å². The summed E-state index contributed by atoms with van der Waals surface area (Å²) in [5, 5.41) is 2.85. The van der Waals surface area contributed by atoms with Gasteiger partial charge in [-0.25, -0.2) is 8.42 Å². The summed E-state index contributed by atoms with van der Waals surface area (Å²) in [7, 11) is -3.55. The van der Waals surface area contributed by atoms with Crippen LogP contribution in [-0.4, -0.2) is 27.5 Å². The third kappa shape index (κ3) is 4.33. The molecule has 0 fully saturated rings. The molecule has 1 aliphatic heterocycles. The van der Waals surface area contributed by atoms with Gasteiger partial charge in [0, 0.05) is 0 Å². The molecule has 0 unspecified atom stereocenters. The van der Waals surface area contributed by atoms with E-state index in [2.05, 4.69) is 5.32 Å². The van der Waals surface area contributed by atoms with Crippen LogP contribution in [0.2, 0.25) is 0 Å². The second-order valence-corrected chi connectivity index (χ2v) is 8.93. The zero-order valence-electron chi connectivity index (χ0n) is 16.3. The molecule has 1 N–H and O–H groups in total. The van der Waals surface area contributed by atoms with E-state index in [4.69, 9.17) is 13.9 Å². The molecule has 30 heavy (non-hydrogen) atoms. The van der Waals surface area contributed by atoms with Crippen LogP contribution in [0.3, 0.4) is 0 Å². The molecule has 0 saturated heterocycles. The number of amides is 1. The molecule has 4 rings (SSSR count). The molecular weight excluding hydrogens is 406 g/mol. The van der Waals surface area contributed by atoms with Crippen LogP contribution in [0.4, 0.5) is 0 Å². The number of rotatable bonds is 6. The van der Waals surface area contributed by atoms with E-state index in [1.807, 2.05) is 25.1 Å². The van der Waals surface area contributed by atoms with E-state index in [9.17, 15) is 13.2 Å². The van der Waals surface area contributed by atoms with Gasteiger partial charge in [-0.1, -0.05) is 24.3 Å². The number of fused-ring (bicyclic) bond motifs is 1.